The largest absolute Gasteiger partial charge is 0.449 e. The summed E-state index contributed by atoms with van der Waals surface area (Å²) in [5.74, 6) is 6.55. The van der Waals surface area contributed by atoms with Gasteiger partial charge in [0.05, 0.1) is 19.5 Å². The van der Waals surface area contributed by atoms with Crippen molar-refractivity contribution in [1.82, 2.24) is 29.7 Å². The van der Waals surface area contributed by atoms with Crippen LogP contribution < -0.4 is 11.1 Å². The van der Waals surface area contributed by atoms with Crippen LogP contribution in [-0.4, -0.2) is 104 Å². The second-order valence-electron chi connectivity index (χ2n) is 11.2. The Hall–Kier alpha value is -3.51. The van der Waals surface area contributed by atoms with Gasteiger partial charge in [-0.3, -0.25) is 9.36 Å². The van der Waals surface area contributed by atoms with Gasteiger partial charge in [0, 0.05) is 38.1 Å². The average Bonchev–Trinajstić information content (AvgIpc) is 3.32. The number of hydrogen-bond donors (Lipinski definition) is 4. The molecule has 14 heteroatoms. The van der Waals surface area contributed by atoms with Gasteiger partial charge in [-0.05, 0) is 43.9 Å². The summed E-state index contributed by atoms with van der Waals surface area (Å²) in [4.78, 5) is 39.6. The lowest BCUT2D eigenvalue weighted by Crippen LogP contribution is -2.43. The maximum atomic E-state index is 12.5. The summed E-state index contributed by atoms with van der Waals surface area (Å²) in [5.41, 5.74) is 6.70. The lowest BCUT2D eigenvalue weighted by atomic mass is 9.94. The molecule has 1 aliphatic carbocycles. The number of ether oxygens (including phenoxy) is 3. The van der Waals surface area contributed by atoms with Crippen LogP contribution >= 0.6 is 0 Å². The van der Waals surface area contributed by atoms with Crippen molar-refractivity contribution in [1.29, 1.82) is 0 Å². The Bertz CT molecular complexity index is 1340. The monoisotopic (exact) mass is 569 g/mol. The number of nitrogens with one attached hydrogen (secondary N) is 1. The van der Waals surface area contributed by atoms with Crippen molar-refractivity contribution < 1.29 is 34.0 Å². The van der Waals surface area contributed by atoms with Gasteiger partial charge in [-0.25, -0.2) is 19.7 Å². The molecule has 5 heterocycles. The van der Waals surface area contributed by atoms with Crippen molar-refractivity contribution in [2.75, 3.05) is 38.6 Å². The summed E-state index contributed by atoms with van der Waals surface area (Å²) in [7, 11) is 0. The highest BCUT2D eigenvalue weighted by Crippen LogP contribution is 2.33. The lowest BCUT2D eigenvalue weighted by molar-refractivity contribution is -0.137. The number of nitrogens with zero attached hydrogens (tertiary/aromatic N) is 5. The molecule has 4 aliphatic rings. The van der Waals surface area contributed by atoms with Crippen LogP contribution in [0.1, 0.15) is 50.6 Å². The van der Waals surface area contributed by atoms with Crippen molar-refractivity contribution in [2.24, 2.45) is 11.8 Å². The van der Waals surface area contributed by atoms with Crippen LogP contribution in [0.5, 0.6) is 0 Å². The number of fused-ring (bicyclic) bond motifs is 1. The van der Waals surface area contributed by atoms with E-state index in [1.165, 1.54) is 10.9 Å². The predicted molar refractivity (Wildman–Crippen MR) is 143 cm³/mol. The second-order valence-corrected chi connectivity index (χ2v) is 11.2. The quantitative estimate of drug-likeness (QED) is 0.341. The molecule has 5 unspecified atom stereocenters. The number of hydrogen-bond acceptors (Lipinski definition) is 11. The summed E-state index contributed by atoms with van der Waals surface area (Å²) in [6.07, 6.45) is 0.954. The van der Waals surface area contributed by atoms with E-state index in [0.29, 0.717) is 50.1 Å². The van der Waals surface area contributed by atoms with Crippen LogP contribution in [0.15, 0.2) is 6.33 Å². The number of aliphatic hydroxyl groups excluding tert-OH is 2. The number of rotatable bonds is 6. The molecule has 2 aromatic heterocycles. The van der Waals surface area contributed by atoms with E-state index in [1.54, 1.807) is 4.90 Å². The number of carbonyl (C=O) groups excluding carboxylic acids is 2. The summed E-state index contributed by atoms with van der Waals surface area (Å²) < 4.78 is 18.0. The van der Waals surface area contributed by atoms with Gasteiger partial charge in [-0.1, -0.05) is 5.92 Å². The highest BCUT2D eigenvalue weighted by molar-refractivity contribution is 5.83. The molecule has 0 spiro atoms. The summed E-state index contributed by atoms with van der Waals surface area (Å²) in [5, 5.41) is 23.9. The Morgan fingerprint density at radius 2 is 1.93 bits per heavy atom. The number of carbonyl (C=O) groups is 2. The number of imidazole rings is 1. The fourth-order valence-electron chi connectivity index (χ4n) is 5.39. The first-order valence-corrected chi connectivity index (χ1v) is 14.2. The molecule has 14 nitrogen and oxygen atoms in total. The first-order valence-electron chi connectivity index (χ1n) is 14.2. The number of anilines is 1. The predicted octanol–water partition coefficient (Wildman–Crippen LogP) is -0.0670. The molecule has 3 aliphatic heterocycles. The lowest BCUT2D eigenvalue weighted by Gasteiger charge is -2.30. The maximum Gasteiger partial charge on any atom is 0.409 e. The molecule has 6 rings (SSSR count). The molecule has 0 radical (unpaired) electrons. The van der Waals surface area contributed by atoms with Crippen molar-refractivity contribution in [3.63, 3.8) is 0 Å². The number of likely N-dealkylation sites (tertiary alicyclic amines) is 1. The summed E-state index contributed by atoms with van der Waals surface area (Å²) in [6, 6.07) is 0.0866. The van der Waals surface area contributed by atoms with E-state index in [9.17, 15) is 19.8 Å². The Morgan fingerprint density at radius 1 is 1.12 bits per heavy atom. The van der Waals surface area contributed by atoms with Crippen molar-refractivity contribution in [3.05, 3.63) is 12.2 Å². The minimum Gasteiger partial charge on any atom is -0.449 e. The second kappa shape index (κ2) is 11.8. The fraction of sp³-hybridized carbons (Fsp3) is 0.667. The van der Waals surface area contributed by atoms with Gasteiger partial charge >= 0.3 is 6.09 Å². The van der Waals surface area contributed by atoms with Gasteiger partial charge in [0.2, 0.25) is 5.82 Å². The Kier molecular flexibility index (Phi) is 7.94. The van der Waals surface area contributed by atoms with Crippen LogP contribution in [-0.2, 0) is 19.0 Å². The van der Waals surface area contributed by atoms with Crippen LogP contribution in [0.25, 0.3) is 11.2 Å². The third kappa shape index (κ3) is 6.08. The number of aliphatic hydroxyl groups is 2. The molecule has 2 amide bonds. The minimum absolute atomic E-state index is 0.0866. The van der Waals surface area contributed by atoms with Gasteiger partial charge in [-0.15, -0.1) is 0 Å². The molecular weight excluding hydrogens is 534 g/mol. The summed E-state index contributed by atoms with van der Waals surface area (Å²) >= 11 is 0. The molecule has 5 atom stereocenters. The highest BCUT2D eigenvalue weighted by Gasteiger charge is 2.48. The van der Waals surface area contributed by atoms with Crippen molar-refractivity contribution >= 4 is 29.0 Å². The first-order chi connectivity index (χ1) is 19.9. The number of amides is 2. The van der Waals surface area contributed by atoms with Gasteiger partial charge in [-0.2, -0.15) is 0 Å². The van der Waals surface area contributed by atoms with Gasteiger partial charge in [0.1, 0.15) is 17.7 Å². The van der Waals surface area contributed by atoms with Crippen LogP contribution in [0.3, 0.4) is 0 Å². The van der Waals surface area contributed by atoms with Crippen LogP contribution in [0.2, 0.25) is 0 Å². The Morgan fingerprint density at radius 3 is 2.66 bits per heavy atom. The van der Waals surface area contributed by atoms with E-state index in [1.807, 2.05) is 0 Å². The van der Waals surface area contributed by atoms with E-state index < -0.39 is 30.4 Å². The number of aromatic nitrogens is 4. The van der Waals surface area contributed by atoms with Gasteiger partial charge < -0.3 is 40.4 Å². The van der Waals surface area contributed by atoms with E-state index in [4.69, 9.17) is 19.9 Å². The third-order valence-electron chi connectivity index (χ3n) is 8.07. The standard InChI is InChI=1S/C27H35N7O7/c28-23-19-24(34(14-29-19)26-21(36)20(35)22(41-26)25(37)30-17-4-5-17)32-18(31-23)3-1-2-15-6-9-33(10-7-15)27(38)40-13-16-8-11-39-12-16/h14-17,20-22,26,35-36H,2,4-13H2,(H,30,37)(H2,28,31,32). The van der Waals surface area contributed by atoms with Gasteiger partial charge in [0.15, 0.2) is 23.8 Å². The van der Waals surface area contributed by atoms with E-state index in [0.717, 1.165) is 38.7 Å². The van der Waals surface area contributed by atoms with Gasteiger partial charge in [0.25, 0.3) is 5.91 Å². The van der Waals surface area contributed by atoms with Crippen molar-refractivity contribution in [3.8, 4) is 11.8 Å². The number of piperidine rings is 1. The molecule has 0 bridgehead atoms. The zero-order valence-electron chi connectivity index (χ0n) is 22.6. The normalized spacial score (nSPS) is 28.4. The number of nitrogens with two attached hydrogens (primary N) is 1. The van der Waals surface area contributed by atoms with E-state index in [-0.39, 0.29) is 29.4 Å². The SMILES string of the molecule is Nc1nc(C#CCC2CCN(C(=O)OCC3CCOC3)CC2)nc2c1ncn2C1OC(C(=O)NC2CC2)C(O)C1O. The number of nitrogen functional groups attached to an aromatic ring is 1. The average molecular weight is 570 g/mol. The minimum atomic E-state index is -1.41. The zero-order valence-corrected chi connectivity index (χ0v) is 22.6. The molecule has 2 aromatic rings. The molecule has 5 N–H and O–H groups in total. The fourth-order valence-corrected chi connectivity index (χ4v) is 5.39. The highest BCUT2D eigenvalue weighted by atomic mass is 16.6. The Balaban J connectivity index is 1.06. The van der Waals surface area contributed by atoms with E-state index >= 15 is 0 Å². The Labute approximate surface area is 236 Å². The smallest absolute Gasteiger partial charge is 0.409 e. The van der Waals surface area contributed by atoms with Crippen LogP contribution in [0.4, 0.5) is 10.6 Å². The molecule has 0 aromatic carbocycles. The van der Waals surface area contributed by atoms with E-state index in [2.05, 4.69) is 32.1 Å². The molecule has 4 fully saturated rings. The van der Waals surface area contributed by atoms with Crippen LogP contribution in [0, 0.1) is 23.7 Å². The topological polar surface area (TPSA) is 187 Å². The first kappa shape index (κ1) is 27.6. The molecular formula is C27H35N7O7. The third-order valence-corrected chi connectivity index (χ3v) is 8.07. The molecule has 3 saturated heterocycles. The summed E-state index contributed by atoms with van der Waals surface area (Å²) in [6.45, 7) is 3.02. The van der Waals surface area contributed by atoms with Crippen molar-refractivity contribution in [2.45, 2.75) is 69.1 Å². The molecule has 41 heavy (non-hydrogen) atoms. The zero-order chi connectivity index (χ0) is 28.5. The molecule has 220 valence electrons. The maximum absolute atomic E-state index is 12.5. The molecule has 1 saturated carbocycles.